The average molecular weight is 312 g/mol. The van der Waals surface area contributed by atoms with E-state index in [1.165, 1.54) is 18.3 Å². The highest BCUT2D eigenvalue weighted by Gasteiger charge is 2.03. The Kier molecular flexibility index (Phi) is 5.25. The van der Waals surface area contributed by atoms with E-state index in [-0.39, 0.29) is 11.5 Å². The Morgan fingerprint density at radius 1 is 1.17 bits per heavy atom. The van der Waals surface area contributed by atoms with E-state index in [0.717, 1.165) is 16.9 Å². The first-order valence-corrected chi connectivity index (χ1v) is 7.15. The molecule has 0 fully saturated rings. The van der Waals surface area contributed by atoms with Crippen molar-refractivity contribution in [2.24, 2.45) is 5.10 Å². The Morgan fingerprint density at radius 2 is 1.87 bits per heavy atom. The Hall–Kier alpha value is -2.95. The third-order valence-corrected chi connectivity index (χ3v) is 3.24. The number of nitrogens with zero attached hydrogens (tertiary/aromatic N) is 1. The topological polar surface area (TPSA) is 74.1 Å². The van der Waals surface area contributed by atoms with E-state index in [2.05, 4.69) is 17.1 Å². The molecule has 2 aromatic rings. The van der Waals surface area contributed by atoms with Gasteiger partial charge in [-0.1, -0.05) is 24.8 Å². The first-order chi connectivity index (χ1) is 11.0. The van der Waals surface area contributed by atoms with Crippen molar-refractivity contribution in [3.63, 3.8) is 0 Å². The fourth-order valence-corrected chi connectivity index (χ4v) is 2.04. The van der Waals surface area contributed by atoms with E-state index in [4.69, 9.17) is 4.74 Å². The number of ether oxygens (including phenoxy) is 1. The summed E-state index contributed by atoms with van der Waals surface area (Å²) in [5.74, 6) is 0.496. The molecule has 0 aliphatic carbocycles. The van der Waals surface area contributed by atoms with Crippen molar-refractivity contribution in [3.8, 4) is 17.2 Å². The molecule has 120 valence electrons. The minimum absolute atomic E-state index is 0.165. The SMILES string of the molecule is C=C(COc1c(C)cccc1C)N/N=C/c1ccc(O)c(O)c1. The summed E-state index contributed by atoms with van der Waals surface area (Å²) in [6, 6.07) is 10.4. The lowest BCUT2D eigenvalue weighted by Crippen LogP contribution is -2.13. The minimum Gasteiger partial charge on any atom is -0.504 e. The number of aryl methyl sites for hydroxylation is 2. The van der Waals surface area contributed by atoms with Crippen LogP contribution in [0.15, 0.2) is 53.8 Å². The van der Waals surface area contributed by atoms with Crippen LogP contribution in [0.2, 0.25) is 0 Å². The van der Waals surface area contributed by atoms with Gasteiger partial charge in [0.05, 0.1) is 11.9 Å². The number of phenolic OH excluding ortho intramolecular Hbond substituents is 2. The number of phenols is 2. The van der Waals surface area contributed by atoms with Crippen LogP contribution in [0.3, 0.4) is 0 Å². The number of benzene rings is 2. The highest BCUT2D eigenvalue weighted by atomic mass is 16.5. The van der Waals surface area contributed by atoms with Crippen LogP contribution < -0.4 is 10.2 Å². The van der Waals surface area contributed by atoms with Crippen molar-refractivity contribution in [2.75, 3.05) is 6.61 Å². The molecule has 0 aliphatic rings. The van der Waals surface area contributed by atoms with Gasteiger partial charge in [0.1, 0.15) is 12.4 Å². The first-order valence-electron chi connectivity index (χ1n) is 7.15. The molecule has 0 radical (unpaired) electrons. The normalized spacial score (nSPS) is 10.7. The van der Waals surface area contributed by atoms with Crippen molar-refractivity contribution < 1.29 is 14.9 Å². The maximum absolute atomic E-state index is 9.40. The summed E-state index contributed by atoms with van der Waals surface area (Å²) >= 11 is 0. The summed E-state index contributed by atoms with van der Waals surface area (Å²) in [6.45, 7) is 8.14. The fraction of sp³-hybridized carbons (Fsp3) is 0.167. The monoisotopic (exact) mass is 312 g/mol. The molecule has 5 heteroatoms. The highest BCUT2D eigenvalue weighted by Crippen LogP contribution is 2.24. The molecule has 0 aliphatic heterocycles. The number of para-hydroxylation sites is 1. The molecule has 2 rings (SSSR count). The second-order valence-corrected chi connectivity index (χ2v) is 5.23. The molecule has 0 saturated heterocycles. The van der Waals surface area contributed by atoms with Gasteiger partial charge in [-0.15, -0.1) is 0 Å². The van der Waals surface area contributed by atoms with Gasteiger partial charge in [0.15, 0.2) is 11.5 Å². The molecular weight excluding hydrogens is 292 g/mol. The van der Waals surface area contributed by atoms with Crippen molar-refractivity contribution in [1.82, 2.24) is 5.43 Å². The molecule has 0 saturated carbocycles. The number of aromatic hydroxyl groups is 2. The third kappa shape index (κ3) is 4.51. The number of nitrogens with one attached hydrogen (secondary N) is 1. The predicted molar refractivity (Wildman–Crippen MR) is 91.1 cm³/mol. The van der Waals surface area contributed by atoms with Gasteiger partial charge in [-0.05, 0) is 48.7 Å². The first kappa shape index (κ1) is 16.4. The molecule has 0 bridgehead atoms. The van der Waals surface area contributed by atoms with Gasteiger partial charge in [-0.2, -0.15) is 5.10 Å². The zero-order valence-electron chi connectivity index (χ0n) is 13.2. The second-order valence-electron chi connectivity index (χ2n) is 5.23. The van der Waals surface area contributed by atoms with Crippen LogP contribution in [0.1, 0.15) is 16.7 Å². The molecule has 0 unspecified atom stereocenters. The highest BCUT2D eigenvalue weighted by molar-refractivity contribution is 5.80. The van der Waals surface area contributed by atoms with Crippen molar-refractivity contribution in [3.05, 3.63) is 65.4 Å². The maximum Gasteiger partial charge on any atom is 0.158 e. The average Bonchev–Trinajstić information content (AvgIpc) is 2.50. The molecule has 3 N–H and O–H groups in total. The molecule has 0 heterocycles. The van der Waals surface area contributed by atoms with Crippen LogP contribution in [0, 0.1) is 13.8 Å². The van der Waals surface area contributed by atoms with Gasteiger partial charge in [0, 0.05) is 0 Å². The number of rotatable bonds is 6. The minimum atomic E-state index is -0.189. The summed E-state index contributed by atoms with van der Waals surface area (Å²) in [7, 11) is 0. The predicted octanol–water partition coefficient (Wildman–Crippen LogP) is 3.23. The Labute approximate surface area is 135 Å². The van der Waals surface area contributed by atoms with E-state index in [0.29, 0.717) is 17.9 Å². The molecule has 0 aromatic heterocycles. The Morgan fingerprint density at radius 3 is 2.52 bits per heavy atom. The van der Waals surface area contributed by atoms with E-state index in [1.54, 1.807) is 6.07 Å². The smallest absolute Gasteiger partial charge is 0.158 e. The molecular formula is C18H20N2O3. The summed E-state index contributed by atoms with van der Waals surface area (Å²) in [5, 5.41) is 22.7. The number of hydrogen-bond donors (Lipinski definition) is 3. The van der Waals surface area contributed by atoms with Gasteiger partial charge < -0.3 is 14.9 Å². The summed E-state index contributed by atoms with van der Waals surface area (Å²) in [6.07, 6.45) is 1.52. The van der Waals surface area contributed by atoms with Crippen LogP contribution in [-0.4, -0.2) is 23.0 Å². The second kappa shape index (κ2) is 7.35. The lowest BCUT2D eigenvalue weighted by molar-refractivity contribution is 0.339. The maximum atomic E-state index is 9.40. The van der Waals surface area contributed by atoms with Crippen LogP contribution in [0.5, 0.6) is 17.2 Å². The van der Waals surface area contributed by atoms with Gasteiger partial charge in [0.2, 0.25) is 0 Å². The summed E-state index contributed by atoms with van der Waals surface area (Å²) in [5.41, 5.74) is 6.17. The van der Waals surface area contributed by atoms with Crippen molar-refractivity contribution >= 4 is 6.21 Å². The molecule has 2 aromatic carbocycles. The fourth-order valence-electron chi connectivity index (χ4n) is 2.04. The van der Waals surface area contributed by atoms with E-state index < -0.39 is 0 Å². The third-order valence-electron chi connectivity index (χ3n) is 3.24. The zero-order chi connectivity index (χ0) is 16.8. The van der Waals surface area contributed by atoms with Crippen LogP contribution in [0.4, 0.5) is 0 Å². The lowest BCUT2D eigenvalue weighted by Gasteiger charge is -2.12. The van der Waals surface area contributed by atoms with E-state index in [1.807, 2.05) is 32.0 Å². The van der Waals surface area contributed by atoms with E-state index >= 15 is 0 Å². The van der Waals surface area contributed by atoms with Crippen molar-refractivity contribution in [1.29, 1.82) is 0 Å². The summed E-state index contributed by atoms with van der Waals surface area (Å²) in [4.78, 5) is 0. The summed E-state index contributed by atoms with van der Waals surface area (Å²) < 4.78 is 5.76. The number of hydrazone groups is 1. The Bertz CT molecular complexity index is 719. The van der Waals surface area contributed by atoms with Gasteiger partial charge >= 0.3 is 0 Å². The molecule has 0 atom stereocenters. The largest absolute Gasteiger partial charge is 0.504 e. The van der Waals surface area contributed by atoms with Crippen LogP contribution >= 0.6 is 0 Å². The van der Waals surface area contributed by atoms with Gasteiger partial charge in [-0.3, -0.25) is 5.43 Å². The van der Waals surface area contributed by atoms with Crippen molar-refractivity contribution in [2.45, 2.75) is 13.8 Å². The van der Waals surface area contributed by atoms with Gasteiger partial charge in [0.25, 0.3) is 0 Å². The standard InChI is InChI=1S/C18H20N2O3/c1-12-5-4-6-13(2)18(12)23-11-14(3)20-19-10-15-7-8-16(21)17(22)9-15/h4-10,20-22H,3,11H2,1-2H3/b19-10+. The van der Waals surface area contributed by atoms with Crippen LogP contribution in [0.25, 0.3) is 0 Å². The van der Waals surface area contributed by atoms with Gasteiger partial charge in [-0.25, -0.2) is 0 Å². The van der Waals surface area contributed by atoms with Crippen LogP contribution in [-0.2, 0) is 0 Å². The molecule has 23 heavy (non-hydrogen) atoms. The zero-order valence-corrected chi connectivity index (χ0v) is 13.2. The lowest BCUT2D eigenvalue weighted by atomic mass is 10.1. The molecule has 5 nitrogen and oxygen atoms in total. The Balaban J connectivity index is 1.87. The molecule has 0 spiro atoms. The quantitative estimate of drug-likeness (QED) is 0.435. The molecule has 0 amide bonds. The van der Waals surface area contributed by atoms with E-state index in [9.17, 15) is 10.2 Å². The number of hydrogen-bond acceptors (Lipinski definition) is 5.